The molecule has 8 nitrogen and oxygen atoms in total. The van der Waals surface area contributed by atoms with Crippen molar-refractivity contribution >= 4 is 22.8 Å². The van der Waals surface area contributed by atoms with E-state index in [9.17, 15) is 23.1 Å². The van der Waals surface area contributed by atoms with E-state index in [1.165, 1.54) is 12.3 Å². The van der Waals surface area contributed by atoms with E-state index >= 15 is 0 Å². The van der Waals surface area contributed by atoms with Gasteiger partial charge in [-0.3, -0.25) is 9.97 Å². The molecular weight excluding hydrogens is 463 g/mol. The summed E-state index contributed by atoms with van der Waals surface area (Å²) in [6, 6.07) is 5.49. The molecule has 11 heteroatoms. The van der Waals surface area contributed by atoms with Crippen LogP contribution in [0.3, 0.4) is 0 Å². The van der Waals surface area contributed by atoms with Gasteiger partial charge in [0, 0.05) is 55.2 Å². The average Bonchev–Trinajstić information content (AvgIpc) is 3.21. The maximum absolute atomic E-state index is 12.9. The molecule has 1 aliphatic rings. The molecule has 0 spiro atoms. The van der Waals surface area contributed by atoms with Gasteiger partial charge in [-0.25, -0.2) is 9.78 Å². The lowest BCUT2D eigenvalue weighted by molar-refractivity contribution is -0.137. The van der Waals surface area contributed by atoms with Gasteiger partial charge in [-0.1, -0.05) is 0 Å². The standard InChI is InChI=1S/C24H26F3N5O3/c1-23(2,3)35-22(34)32-11-14(13-33)19(12-32)31-21-16-5-4-8-28-20(16)17(10-30-21)18-7-6-15(9-29-18)24(25,26)27/h4-10,14,19,33H,11-13H2,1-3H3,(H,30,31)/t14-,19+/m0/s1. The summed E-state index contributed by atoms with van der Waals surface area (Å²) in [4.78, 5) is 26.9. The predicted octanol–water partition coefficient (Wildman–Crippen LogP) is 4.35. The van der Waals surface area contributed by atoms with Gasteiger partial charge in [-0.2, -0.15) is 13.2 Å². The summed E-state index contributed by atoms with van der Waals surface area (Å²) in [5, 5.41) is 13.8. The van der Waals surface area contributed by atoms with E-state index in [-0.39, 0.29) is 18.6 Å². The number of anilines is 1. The number of hydrogen-bond donors (Lipinski definition) is 2. The molecule has 0 aliphatic carbocycles. The van der Waals surface area contributed by atoms with Crippen LogP contribution in [0.25, 0.3) is 22.2 Å². The van der Waals surface area contributed by atoms with Crippen LogP contribution in [0.4, 0.5) is 23.8 Å². The van der Waals surface area contributed by atoms with E-state index in [2.05, 4.69) is 20.3 Å². The minimum absolute atomic E-state index is 0.138. The summed E-state index contributed by atoms with van der Waals surface area (Å²) in [5.41, 5.74) is -0.162. The molecule has 0 radical (unpaired) electrons. The maximum atomic E-state index is 12.9. The summed E-state index contributed by atoms with van der Waals surface area (Å²) in [7, 11) is 0. The Bertz CT molecular complexity index is 1210. The number of hydrogen-bond acceptors (Lipinski definition) is 7. The van der Waals surface area contributed by atoms with E-state index in [0.29, 0.717) is 41.1 Å². The van der Waals surface area contributed by atoms with Gasteiger partial charge in [0.1, 0.15) is 11.4 Å². The molecule has 35 heavy (non-hydrogen) atoms. The Balaban J connectivity index is 1.61. The highest BCUT2D eigenvalue weighted by molar-refractivity contribution is 5.98. The van der Waals surface area contributed by atoms with Crippen molar-refractivity contribution < 1.29 is 27.8 Å². The van der Waals surface area contributed by atoms with E-state index < -0.39 is 23.4 Å². The molecule has 3 aromatic heterocycles. The molecule has 4 rings (SSSR count). The second-order valence-electron chi connectivity index (χ2n) is 9.43. The molecule has 2 atom stereocenters. The SMILES string of the molecule is CC(C)(C)OC(=O)N1C[C@@H](CO)[C@H](Nc2ncc(-c3ccc(C(F)(F)F)cn3)c3ncccc23)C1. The van der Waals surface area contributed by atoms with Crippen molar-refractivity contribution in [3.8, 4) is 11.3 Å². The highest BCUT2D eigenvalue weighted by atomic mass is 19.4. The van der Waals surface area contributed by atoms with Crippen molar-refractivity contribution in [2.75, 3.05) is 25.0 Å². The molecule has 1 saturated heterocycles. The van der Waals surface area contributed by atoms with Gasteiger partial charge >= 0.3 is 12.3 Å². The summed E-state index contributed by atoms with van der Waals surface area (Å²) in [6.45, 7) is 5.86. The zero-order chi connectivity index (χ0) is 25.4. The molecule has 2 N–H and O–H groups in total. The lowest BCUT2D eigenvalue weighted by Crippen LogP contribution is -2.36. The van der Waals surface area contributed by atoms with Gasteiger partial charge < -0.3 is 20.1 Å². The van der Waals surface area contributed by atoms with E-state index in [0.717, 1.165) is 12.3 Å². The summed E-state index contributed by atoms with van der Waals surface area (Å²) < 4.78 is 44.2. The largest absolute Gasteiger partial charge is 0.444 e. The molecule has 0 bridgehead atoms. The number of amides is 1. The molecule has 1 fully saturated rings. The Hall–Kier alpha value is -3.47. The molecule has 0 unspecified atom stereocenters. The van der Waals surface area contributed by atoms with Crippen molar-refractivity contribution in [2.24, 2.45) is 5.92 Å². The van der Waals surface area contributed by atoms with Gasteiger partial charge in [0.25, 0.3) is 0 Å². The minimum atomic E-state index is -4.48. The number of carbonyl (C=O) groups excluding carboxylic acids is 1. The van der Waals surface area contributed by atoms with Crippen LogP contribution < -0.4 is 5.32 Å². The van der Waals surface area contributed by atoms with Gasteiger partial charge in [0.2, 0.25) is 0 Å². The van der Waals surface area contributed by atoms with Gasteiger partial charge in [0.15, 0.2) is 0 Å². The van der Waals surface area contributed by atoms with Crippen molar-refractivity contribution in [1.82, 2.24) is 19.9 Å². The highest BCUT2D eigenvalue weighted by Gasteiger charge is 2.37. The molecule has 1 amide bonds. The number of nitrogens with one attached hydrogen (secondary N) is 1. The lowest BCUT2D eigenvalue weighted by atomic mass is 10.0. The zero-order valence-electron chi connectivity index (χ0n) is 19.5. The third-order valence-corrected chi connectivity index (χ3v) is 5.66. The number of pyridine rings is 3. The van der Waals surface area contributed by atoms with Gasteiger partial charge in [-0.15, -0.1) is 0 Å². The fourth-order valence-corrected chi connectivity index (χ4v) is 3.97. The van der Waals surface area contributed by atoms with Crippen LogP contribution in [0.2, 0.25) is 0 Å². The molecule has 4 heterocycles. The van der Waals surface area contributed by atoms with Gasteiger partial charge in [-0.05, 0) is 45.0 Å². The number of aliphatic hydroxyl groups is 1. The van der Waals surface area contributed by atoms with Crippen LogP contribution in [0, 0.1) is 5.92 Å². The Morgan fingerprint density at radius 2 is 1.91 bits per heavy atom. The lowest BCUT2D eigenvalue weighted by Gasteiger charge is -2.24. The number of likely N-dealkylation sites (tertiary alicyclic amines) is 1. The molecule has 1 aliphatic heterocycles. The number of aliphatic hydroxyl groups excluding tert-OH is 1. The average molecular weight is 489 g/mol. The van der Waals surface area contributed by atoms with Crippen LogP contribution in [-0.4, -0.2) is 62.4 Å². The summed E-state index contributed by atoms with van der Waals surface area (Å²) in [6.07, 6.45) is -1.07. The topological polar surface area (TPSA) is 100 Å². The number of carbonyl (C=O) groups is 1. The quantitative estimate of drug-likeness (QED) is 0.562. The van der Waals surface area contributed by atoms with Crippen molar-refractivity contribution in [1.29, 1.82) is 0 Å². The Morgan fingerprint density at radius 3 is 2.54 bits per heavy atom. The zero-order valence-corrected chi connectivity index (χ0v) is 19.5. The number of nitrogens with zero attached hydrogens (tertiary/aromatic N) is 4. The van der Waals surface area contributed by atoms with Gasteiger partial charge in [0.05, 0.1) is 22.8 Å². The molecular formula is C24H26F3N5O3. The van der Waals surface area contributed by atoms with E-state index in [4.69, 9.17) is 4.74 Å². The first-order chi connectivity index (χ1) is 16.5. The van der Waals surface area contributed by atoms with E-state index in [1.54, 1.807) is 44.0 Å². The molecule has 3 aromatic rings. The van der Waals surface area contributed by atoms with Crippen LogP contribution in [-0.2, 0) is 10.9 Å². The maximum Gasteiger partial charge on any atom is 0.417 e. The highest BCUT2D eigenvalue weighted by Crippen LogP contribution is 2.33. The Kier molecular flexibility index (Phi) is 6.54. The number of alkyl halides is 3. The number of fused-ring (bicyclic) bond motifs is 1. The van der Waals surface area contributed by atoms with Crippen LogP contribution in [0.15, 0.2) is 42.9 Å². The number of rotatable bonds is 4. The number of halogens is 3. The Labute approximate surface area is 200 Å². The van der Waals surface area contributed by atoms with Crippen molar-refractivity contribution in [3.05, 3.63) is 48.4 Å². The third kappa shape index (κ3) is 5.45. The minimum Gasteiger partial charge on any atom is -0.444 e. The number of ether oxygens (including phenoxy) is 1. The first-order valence-electron chi connectivity index (χ1n) is 11.1. The van der Waals surface area contributed by atoms with Crippen molar-refractivity contribution in [3.63, 3.8) is 0 Å². The second kappa shape index (κ2) is 9.29. The molecule has 0 aromatic carbocycles. The van der Waals surface area contributed by atoms with Crippen LogP contribution >= 0.6 is 0 Å². The smallest absolute Gasteiger partial charge is 0.417 e. The Morgan fingerprint density at radius 1 is 1.14 bits per heavy atom. The third-order valence-electron chi connectivity index (χ3n) is 5.66. The molecule has 186 valence electrons. The monoisotopic (exact) mass is 489 g/mol. The van der Waals surface area contributed by atoms with E-state index in [1.807, 2.05) is 0 Å². The summed E-state index contributed by atoms with van der Waals surface area (Å²) >= 11 is 0. The van der Waals surface area contributed by atoms with Crippen molar-refractivity contribution in [2.45, 2.75) is 38.6 Å². The fourth-order valence-electron chi connectivity index (χ4n) is 3.97. The summed E-state index contributed by atoms with van der Waals surface area (Å²) in [5.74, 6) is 0.241. The molecule has 0 saturated carbocycles. The fraction of sp³-hybridized carbons (Fsp3) is 0.417. The van der Waals surface area contributed by atoms with Crippen LogP contribution in [0.5, 0.6) is 0 Å². The van der Waals surface area contributed by atoms with Crippen LogP contribution in [0.1, 0.15) is 26.3 Å². The predicted molar refractivity (Wildman–Crippen MR) is 124 cm³/mol. The normalized spacial score (nSPS) is 18.7. The first kappa shape index (κ1) is 24.6. The second-order valence-corrected chi connectivity index (χ2v) is 9.43. The first-order valence-corrected chi connectivity index (χ1v) is 11.1. The number of aromatic nitrogens is 3.